The fourth-order valence-corrected chi connectivity index (χ4v) is 2.48. The number of nitro groups is 1. The lowest BCUT2D eigenvalue weighted by Gasteiger charge is -2.31. The molecule has 2 rings (SSSR count). The number of nitrogens with one attached hydrogen (secondary N) is 1. The Bertz CT molecular complexity index is 498. The number of benzene rings is 1. The van der Waals surface area contributed by atoms with Gasteiger partial charge in [0.1, 0.15) is 0 Å². The first-order valence-corrected chi connectivity index (χ1v) is 6.77. The first-order chi connectivity index (χ1) is 9.58. The van der Waals surface area contributed by atoms with Crippen molar-refractivity contribution in [1.82, 2.24) is 10.2 Å². The molecule has 0 atom stereocenters. The van der Waals surface area contributed by atoms with E-state index in [4.69, 9.17) is 0 Å². The van der Waals surface area contributed by atoms with Gasteiger partial charge in [0.05, 0.1) is 11.3 Å². The number of nitro benzene ring substituents is 1. The highest BCUT2D eigenvalue weighted by Crippen LogP contribution is 2.16. The summed E-state index contributed by atoms with van der Waals surface area (Å²) in [6, 6.07) is 6.54. The maximum atomic E-state index is 12.2. The highest BCUT2D eigenvalue weighted by molar-refractivity contribution is 5.79. The number of nitrogens with zero attached hydrogens (tertiary/aromatic N) is 2. The zero-order chi connectivity index (χ0) is 14.5. The van der Waals surface area contributed by atoms with Crippen LogP contribution in [0.5, 0.6) is 0 Å². The summed E-state index contributed by atoms with van der Waals surface area (Å²) in [6.45, 7) is 1.86. The van der Waals surface area contributed by atoms with Gasteiger partial charge in [-0.15, -0.1) is 0 Å². The van der Waals surface area contributed by atoms with E-state index in [-0.39, 0.29) is 24.1 Å². The topological polar surface area (TPSA) is 75.5 Å². The molecular formula is C14H19N3O3. The second kappa shape index (κ2) is 6.47. The van der Waals surface area contributed by atoms with Gasteiger partial charge in [-0.3, -0.25) is 14.9 Å². The van der Waals surface area contributed by atoms with Gasteiger partial charge >= 0.3 is 0 Å². The van der Waals surface area contributed by atoms with Crippen LogP contribution in [-0.4, -0.2) is 41.9 Å². The van der Waals surface area contributed by atoms with Crippen molar-refractivity contribution in [2.24, 2.45) is 0 Å². The highest BCUT2D eigenvalue weighted by Gasteiger charge is 2.22. The third kappa shape index (κ3) is 3.54. The molecule has 20 heavy (non-hydrogen) atoms. The standard InChI is InChI=1S/C14H19N3O3/c1-16(12-5-7-15-8-6-12)14(18)10-11-3-2-4-13(9-11)17(19)20/h2-4,9,12,15H,5-8,10H2,1H3. The zero-order valence-electron chi connectivity index (χ0n) is 11.5. The monoisotopic (exact) mass is 277 g/mol. The van der Waals surface area contributed by atoms with Gasteiger partial charge in [-0.05, 0) is 31.5 Å². The molecule has 0 bridgehead atoms. The fourth-order valence-electron chi connectivity index (χ4n) is 2.48. The lowest BCUT2D eigenvalue weighted by atomic mass is 10.0. The van der Waals surface area contributed by atoms with Crippen LogP contribution in [0.1, 0.15) is 18.4 Å². The number of carbonyl (C=O) groups is 1. The summed E-state index contributed by atoms with van der Waals surface area (Å²) < 4.78 is 0. The van der Waals surface area contributed by atoms with E-state index in [1.807, 2.05) is 7.05 Å². The lowest BCUT2D eigenvalue weighted by molar-refractivity contribution is -0.384. The second-order valence-electron chi connectivity index (χ2n) is 5.09. The van der Waals surface area contributed by atoms with Crippen LogP contribution >= 0.6 is 0 Å². The normalized spacial score (nSPS) is 15.8. The van der Waals surface area contributed by atoms with E-state index < -0.39 is 4.92 Å². The van der Waals surface area contributed by atoms with Crippen LogP contribution in [0.3, 0.4) is 0 Å². The van der Waals surface area contributed by atoms with Crippen LogP contribution in [0.15, 0.2) is 24.3 Å². The second-order valence-corrected chi connectivity index (χ2v) is 5.09. The first-order valence-electron chi connectivity index (χ1n) is 6.77. The predicted octanol–water partition coefficient (Wildman–Crippen LogP) is 1.35. The van der Waals surface area contributed by atoms with E-state index >= 15 is 0 Å². The van der Waals surface area contributed by atoms with Crippen LogP contribution in [0.4, 0.5) is 5.69 Å². The van der Waals surface area contributed by atoms with Crippen molar-refractivity contribution in [3.05, 3.63) is 39.9 Å². The molecule has 0 saturated carbocycles. The Balaban J connectivity index is 1.99. The molecule has 0 unspecified atom stereocenters. The number of hydrogen-bond acceptors (Lipinski definition) is 4. The quantitative estimate of drug-likeness (QED) is 0.666. The molecular weight excluding hydrogens is 258 g/mol. The zero-order valence-corrected chi connectivity index (χ0v) is 11.5. The Morgan fingerprint density at radius 1 is 1.45 bits per heavy atom. The van der Waals surface area contributed by atoms with Gasteiger partial charge in [0.15, 0.2) is 0 Å². The van der Waals surface area contributed by atoms with Gasteiger partial charge in [-0.25, -0.2) is 0 Å². The molecule has 1 amide bonds. The van der Waals surface area contributed by atoms with E-state index in [1.165, 1.54) is 12.1 Å². The van der Waals surface area contributed by atoms with E-state index in [2.05, 4.69) is 5.32 Å². The number of carbonyl (C=O) groups excluding carboxylic acids is 1. The third-order valence-corrected chi connectivity index (χ3v) is 3.73. The Morgan fingerprint density at radius 2 is 2.15 bits per heavy atom. The maximum Gasteiger partial charge on any atom is 0.269 e. The Hall–Kier alpha value is -1.95. The number of amides is 1. The van der Waals surface area contributed by atoms with Crippen LogP contribution in [0.25, 0.3) is 0 Å². The maximum absolute atomic E-state index is 12.2. The van der Waals surface area contributed by atoms with Crippen molar-refractivity contribution in [1.29, 1.82) is 0 Å². The average molecular weight is 277 g/mol. The molecule has 1 heterocycles. The smallest absolute Gasteiger partial charge is 0.269 e. The molecule has 1 fully saturated rings. The Labute approximate surface area is 117 Å². The molecule has 6 heteroatoms. The van der Waals surface area contributed by atoms with E-state index in [1.54, 1.807) is 17.0 Å². The molecule has 1 saturated heterocycles. The Morgan fingerprint density at radius 3 is 2.80 bits per heavy atom. The summed E-state index contributed by atoms with van der Waals surface area (Å²) in [6.07, 6.45) is 2.12. The first kappa shape index (κ1) is 14.5. The minimum atomic E-state index is -0.440. The molecule has 0 aliphatic carbocycles. The number of rotatable bonds is 4. The number of non-ortho nitro benzene ring substituents is 1. The van der Waals surface area contributed by atoms with Crippen molar-refractivity contribution < 1.29 is 9.72 Å². The summed E-state index contributed by atoms with van der Waals surface area (Å²) in [5.41, 5.74) is 0.713. The minimum Gasteiger partial charge on any atom is -0.342 e. The van der Waals surface area contributed by atoms with Crippen LogP contribution < -0.4 is 5.32 Å². The van der Waals surface area contributed by atoms with Gasteiger partial charge in [0.25, 0.3) is 5.69 Å². The predicted molar refractivity (Wildman–Crippen MR) is 75.5 cm³/mol. The molecule has 0 aromatic heterocycles. The average Bonchev–Trinajstić information content (AvgIpc) is 2.47. The van der Waals surface area contributed by atoms with E-state index in [0.29, 0.717) is 5.56 Å². The van der Waals surface area contributed by atoms with Gasteiger partial charge in [0, 0.05) is 25.2 Å². The Kier molecular flexibility index (Phi) is 4.68. The molecule has 1 aliphatic heterocycles. The third-order valence-electron chi connectivity index (χ3n) is 3.73. The van der Waals surface area contributed by atoms with Crippen LogP contribution in [-0.2, 0) is 11.2 Å². The number of hydrogen-bond donors (Lipinski definition) is 1. The molecule has 6 nitrogen and oxygen atoms in total. The van der Waals surface area contributed by atoms with Gasteiger partial charge in [0.2, 0.25) is 5.91 Å². The van der Waals surface area contributed by atoms with Crippen molar-refractivity contribution in [3.8, 4) is 0 Å². The van der Waals surface area contributed by atoms with Crippen LogP contribution in [0, 0.1) is 10.1 Å². The van der Waals surface area contributed by atoms with Crippen molar-refractivity contribution in [3.63, 3.8) is 0 Å². The summed E-state index contributed by atoms with van der Waals surface area (Å²) >= 11 is 0. The van der Waals surface area contributed by atoms with E-state index in [9.17, 15) is 14.9 Å². The van der Waals surface area contributed by atoms with Gasteiger partial charge in [-0.2, -0.15) is 0 Å². The van der Waals surface area contributed by atoms with Crippen molar-refractivity contribution in [2.45, 2.75) is 25.3 Å². The van der Waals surface area contributed by atoms with Gasteiger partial charge in [-0.1, -0.05) is 12.1 Å². The van der Waals surface area contributed by atoms with Crippen molar-refractivity contribution >= 4 is 11.6 Å². The number of piperidine rings is 1. The SMILES string of the molecule is CN(C(=O)Cc1cccc([N+](=O)[O-])c1)C1CCNCC1. The van der Waals surface area contributed by atoms with Crippen molar-refractivity contribution in [2.75, 3.05) is 20.1 Å². The summed E-state index contributed by atoms with van der Waals surface area (Å²) in [5, 5.41) is 14.0. The van der Waals surface area contributed by atoms with E-state index in [0.717, 1.165) is 25.9 Å². The summed E-state index contributed by atoms with van der Waals surface area (Å²) in [7, 11) is 1.82. The molecule has 1 aromatic carbocycles. The minimum absolute atomic E-state index is 0.0115. The largest absolute Gasteiger partial charge is 0.342 e. The molecule has 1 N–H and O–H groups in total. The molecule has 0 spiro atoms. The lowest BCUT2D eigenvalue weighted by Crippen LogP contribution is -2.44. The summed E-state index contributed by atoms with van der Waals surface area (Å²) in [4.78, 5) is 24.3. The molecule has 108 valence electrons. The molecule has 0 radical (unpaired) electrons. The van der Waals surface area contributed by atoms with Crippen LogP contribution in [0.2, 0.25) is 0 Å². The summed E-state index contributed by atoms with van der Waals surface area (Å²) in [5.74, 6) is 0.0115. The number of likely N-dealkylation sites (N-methyl/N-ethyl adjacent to an activating group) is 1. The fraction of sp³-hybridized carbons (Fsp3) is 0.500. The van der Waals surface area contributed by atoms with Gasteiger partial charge < -0.3 is 10.2 Å². The highest BCUT2D eigenvalue weighted by atomic mass is 16.6. The molecule has 1 aromatic rings. The molecule has 1 aliphatic rings.